The molecule has 1 fully saturated rings. The average Bonchev–Trinajstić information content (AvgIpc) is 2.85. The van der Waals surface area contributed by atoms with Crippen LogP contribution in [0.4, 0.5) is 0 Å². The Kier molecular flexibility index (Phi) is 6.80. The van der Waals surface area contributed by atoms with Crippen LogP contribution in [-0.2, 0) is 16.1 Å². The minimum absolute atomic E-state index is 0.00131. The lowest BCUT2D eigenvalue weighted by atomic mass is 10.0. The van der Waals surface area contributed by atoms with Gasteiger partial charge in [0, 0.05) is 49.7 Å². The van der Waals surface area contributed by atoms with Crippen molar-refractivity contribution in [2.75, 3.05) is 32.8 Å². The zero-order valence-corrected chi connectivity index (χ0v) is 15.0. The van der Waals surface area contributed by atoms with E-state index in [2.05, 4.69) is 24.1 Å². The van der Waals surface area contributed by atoms with Crippen LogP contribution in [0.2, 0.25) is 0 Å². The Morgan fingerprint density at radius 3 is 2.65 bits per heavy atom. The zero-order valence-electron chi connectivity index (χ0n) is 14.2. The Hall–Kier alpha value is -1.18. The molecule has 6 nitrogen and oxygen atoms in total. The van der Waals surface area contributed by atoms with Crippen molar-refractivity contribution in [2.45, 2.75) is 39.8 Å². The molecule has 0 bridgehead atoms. The zero-order chi connectivity index (χ0) is 16.8. The molecule has 2 heterocycles. The first-order valence-corrected chi connectivity index (χ1v) is 9.10. The van der Waals surface area contributed by atoms with Crippen LogP contribution in [0.15, 0.2) is 10.2 Å². The van der Waals surface area contributed by atoms with Gasteiger partial charge in [0.1, 0.15) is 0 Å². The smallest absolute Gasteiger partial charge is 0.307 e. The van der Waals surface area contributed by atoms with Gasteiger partial charge in [-0.2, -0.15) is 0 Å². The van der Waals surface area contributed by atoms with Crippen LogP contribution in [0.5, 0.6) is 0 Å². The summed E-state index contributed by atoms with van der Waals surface area (Å²) < 4.78 is 7.06. The van der Waals surface area contributed by atoms with E-state index >= 15 is 0 Å². The highest BCUT2D eigenvalue weighted by molar-refractivity contribution is 7.07. The van der Waals surface area contributed by atoms with Crippen LogP contribution in [0.3, 0.4) is 0 Å². The molecule has 1 aromatic rings. The molecule has 1 amide bonds. The lowest BCUT2D eigenvalue weighted by Crippen LogP contribution is -2.51. The van der Waals surface area contributed by atoms with Gasteiger partial charge in [-0.15, -0.1) is 0 Å². The minimum atomic E-state index is 0.00131. The van der Waals surface area contributed by atoms with Crippen molar-refractivity contribution in [2.24, 2.45) is 5.92 Å². The highest BCUT2D eigenvalue weighted by Gasteiger charge is 2.24. The molecule has 0 saturated carbocycles. The number of amides is 1. The predicted molar refractivity (Wildman–Crippen MR) is 92.0 cm³/mol. The standard InChI is InChI=1S/C16H27N3O3S/c1-12(2)14(18-6-8-22-9-7-18)10-17-15(20)4-5-19-13(3)11-23-16(19)21/h11-12,14H,4-10H2,1-3H3,(H,17,20). The number of nitrogens with one attached hydrogen (secondary N) is 1. The van der Waals surface area contributed by atoms with Crippen molar-refractivity contribution in [1.82, 2.24) is 14.8 Å². The van der Waals surface area contributed by atoms with Crippen molar-refractivity contribution >= 4 is 17.2 Å². The van der Waals surface area contributed by atoms with E-state index in [1.807, 2.05) is 12.3 Å². The van der Waals surface area contributed by atoms with Crippen LogP contribution in [0.25, 0.3) is 0 Å². The molecule has 1 aliphatic rings. The van der Waals surface area contributed by atoms with E-state index in [-0.39, 0.29) is 10.8 Å². The molecule has 1 atom stereocenters. The summed E-state index contributed by atoms with van der Waals surface area (Å²) in [5.74, 6) is 0.469. The van der Waals surface area contributed by atoms with Gasteiger partial charge in [0.25, 0.3) is 0 Å². The summed E-state index contributed by atoms with van der Waals surface area (Å²) in [4.78, 5) is 26.1. The summed E-state index contributed by atoms with van der Waals surface area (Å²) in [6, 6.07) is 0.327. The summed E-state index contributed by atoms with van der Waals surface area (Å²) >= 11 is 1.18. The quantitative estimate of drug-likeness (QED) is 0.806. The maximum atomic E-state index is 12.1. The van der Waals surface area contributed by atoms with E-state index in [1.165, 1.54) is 11.3 Å². The molecule has 7 heteroatoms. The number of aromatic nitrogens is 1. The molecule has 1 unspecified atom stereocenters. The van der Waals surface area contributed by atoms with Gasteiger partial charge in [-0.3, -0.25) is 14.5 Å². The second kappa shape index (κ2) is 8.61. The number of morpholine rings is 1. The van der Waals surface area contributed by atoms with Crippen LogP contribution in [-0.4, -0.2) is 54.3 Å². The Morgan fingerprint density at radius 2 is 2.09 bits per heavy atom. The highest BCUT2D eigenvalue weighted by atomic mass is 32.1. The molecule has 1 N–H and O–H groups in total. The van der Waals surface area contributed by atoms with E-state index < -0.39 is 0 Å². The Bertz CT molecular complexity index is 561. The van der Waals surface area contributed by atoms with Gasteiger partial charge >= 0.3 is 4.87 Å². The van der Waals surface area contributed by atoms with Crippen LogP contribution >= 0.6 is 11.3 Å². The largest absolute Gasteiger partial charge is 0.379 e. The number of carbonyl (C=O) groups is 1. The second-order valence-electron chi connectivity index (χ2n) is 6.31. The maximum absolute atomic E-state index is 12.1. The first-order chi connectivity index (χ1) is 11.0. The molecule has 1 aliphatic heterocycles. The summed E-state index contributed by atoms with van der Waals surface area (Å²) in [6.07, 6.45) is 0.339. The van der Waals surface area contributed by atoms with Gasteiger partial charge in [-0.25, -0.2) is 0 Å². The fourth-order valence-corrected chi connectivity index (χ4v) is 3.65. The number of carbonyl (C=O) groups excluding carboxylic acids is 1. The normalized spacial score (nSPS) is 17.4. The Morgan fingerprint density at radius 1 is 1.39 bits per heavy atom. The molecular weight excluding hydrogens is 314 g/mol. The molecular formula is C16H27N3O3S. The molecule has 1 aromatic heterocycles. The van der Waals surface area contributed by atoms with E-state index in [0.717, 1.165) is 32.0 Å². The first kappa shape index (κ1) is 18.2. The highest BCUT2D eigenvalue weighted by Crippen LogP contribution is 2.12. The topological polar surface area (TPSA) is 63.6 Å². The second-order valence-corrected chi connectivity index (χ2v) is 7.13. The van der Waals surface area contributed by atoms with Crippen LogP contribution in [0.1, 0.15) is 26.0 Å². The number of rotatable bonds is 7. The SMILES string of the molecule is Cc1csc(=O)n1CCC(=O)NCC(C(C)C)N1CCOCC1. The predicted octanol–water partition coefficient (Wildman–Crippen LogP) is 1.08. The van der Waals surface area contributed by atoms with Crippen molar-refractivity contribution in [3.05, 3.63) is 20.7 Å². The van der Waals surface area contributed by atoms with Gasteiger partial charge in [-0.1, -0.05) is 25.2 Å². The van der Waals surface area contributed by atoms with Gasteiger partial charge in [0.2, 0.25) is 5.91 Å². The Balaban J connectivity index is 1.80. The molecule has 0 aromatic carbocycles. The maximum Gasteiger partial charge on any atom is 0.307 e. The monoisotopic (exact) mass is 341 g/mol. The first-order valence-electron chi connectivity index (χ1n) is 8.22. The van der Waals surface area contributed by atoms with E-state index in [9.17, 15) is 9.59 Å². The lowest BCUT2D eigenvalue weighted by molar-refractivity contribution is -0.121. The summed E-state index contributed by atoms with van der Waals surface area (Å²) in [5, 5.41) is 4.86. The van der Waals surface area contributed by atoms with Crippen molar-refractivity contribution < 1.29 is 9.53 Å². The summed E-state index contributed by atoms with van der Waals surface area (Å²) in [6.45, 7) is 10.7. The fraction of sp³-hybridized carbons (Fsp3) is 0.750. The van der Waals surface area contributed by atoms with Crippen LogP contribution in [0, 0.1) is 12.8 Å². The number of ether oxygens (including phenoxy) is 1. The van der Waals surface area contributed by atoms with Gasteiger partial charge in [0.05, 0.1) is 13.2 Å². The molecule has 130 valence electrons. The third kappa shape index (κ3) is 5.16. The van der Waals surface area contributed by atoms with Crippen LogP contribution < -0.4 is 10.2 Å². The molecule has 23 heavy (non-hydrogen) atoms. The molecule has 1 saturated heterocycles. The van der Waals surface area contributed by atoms with E-state index in [1.54, 1.807) is 4.57 Å². The van der Waals surface area contributed by atoms with Gasteiger partial charge in [-0.05, 0) is 12.8 Å². The average molecular weight is 341 g/mol. The van der Waals surface area contributed by atoms with E-state index in [4.69, 9.17) is 4.74 Å². The molecule has 0 radical (unpaired) electrons. The van der Waals surface area contributed by atoms with Crippen molar-refractivity contribution in [3.63, 3.8) is 0 Å². The van der Waals surface area contributed by atoms with Gasteiger partial charge < -0.3 is 14.6 Å². The molecule has 2 rings (SSSR count). The Labute approximate surface area is 141 Å². The number of hydrogen-bond donors (Lipinski definition) is 1. The van der Waals surface area contributed by atoms with Crippen molar-refractivity contribution in [1.29, 1.82) is 0 Å². The fourth-order valence-electron chi connectivity index (χ4n) is 2.89. The third-order valence-corrected chi connectivity index (χ3v) is 5.21. The number of hydrogen-bond acceptors (Lipinski definition) is 5. The molecule has 0 spiro atoms. The number of thiazole rings is 1. The van der Waals surface area contributed by atoms with E-state index in [0.29, 0.717) is 31.5 Å². The minimum Gasteiger partial charge on any atom is -0.379 e. The van der Waals surface area contributed by atoms with Gasteiger partial charge in [0.15, 0.2) is 0 Å². The lowest BCUT2D eigenvalue weighted by Gasteiger charge is -2.36. The summed E-state index contributed by atoms with van der Waals surface area (Å²) in [7, 11) is 0. The van der Waals surface area contributed by atoms with Crippen molar-refractivity contribution in [3.8, 4) is 0 Å². The number of aryl methyl sites for hydroxylation is 1. The number of nitrogens with zero attached hydrogens (tertiary/aromatic N) is 2. The third-order valence-electron chi connectivity index (χ3n) is 4.33. The summed E-state index contributed by atoms with van der Waals surface area (Å²) in [5.41, 5.74) is 0.918. The molecule has 0 aliphatic carbocycles.